The second-order valence-electron chi connectivity index (χ2n) is 8.78. The Labute approximate surface area is 200 Å². The Morgan fingerprint density at radius 3 is 2.41 bits per heavy atom. The lowest BCUT2D eigenvalue weighted by Gasteiger charge is -2.43. The van der Waals surface area contributed by atoms with E-state index >= 15 is 0 Å². The van der Waals surface area contributed by atoms with Crippen LogP contribution in [0, 0.1) is 12.7 Å². The van der Waals surface area contributed by atoms with E-state index < -0.39 is 0 Å². The fraction of sp³-hybridized carbons (Fsp3) is 0.480. The number of methoxy groups -OCH3 is 1. The average Bonchev–Trinajstić information content (AvgIpc) is 2.72. The summed E-state index contributed by atoms with van der Waals surface area (Å²) < 4.78 is 19.0. The van der Waals surface area contributed by atoms with Crippen molar-refractivity contribution in [3.05, 3.63) is 69.0 Å². The van der Waals surface area contributed by atoms with Gasteiger partial charge in [0.15, 0.2) is 0 Å². The minimum Gasteiger partial charge on any atom is -0.383 e. The number of ether oxygens (including phenoxy) is 1. The van der Waals surface area contributed by atoms with E-state index in [-0.39, 0.29) is 17.1 Å². The number of carbonyl (C=O) groups is 1. The van der Waals surface area contributed by atoms with Crippen LogP contribution in [0.3, 0.4) is 0 Å². The molecule has 174 valence electrons. The van der Waals surface area contributed by atoms with Crippen LogP contribution < -0.4 is 0 Å². The molecule has 0 aromatic heterocycles. The number of amides is 1. The number of piperidine rings is 1. The molecule has 0 N–H and O–H groups in total. The molecular formula is C25H31Cl2FN2O2. The average molecular weight is 481 g/mol. The maximum atomic E-state index is 13.8. The normalized spacial score (nSPS) is 16.2. The first-order valence-corrected chi connectivity index (χ1v) is 11.6. The van der Waals surface area contributed by atoms with Gasteiger partial charge in [0, 0.05) is 49.1 Å². The molecule has 0 spiro atoms. The van der Waals surface area contributed by atoms with Crippen molar-refractivity contribution in [1.29, 1.82) is 0 Å². The van der Waals surface area contributed by atoms with E-state index in [4.69, 9.17) is 27.9 Å². The number of hydrogen-bond acceptors (Lipinski definition) is 3. The van der Waals surface area contributed by atoms with E-state index in [0.717, 1.165) is 49.2 Å². The van der Waals surface area contributed by atoms with Crippen molar-refractivity contribution in [3.8, 4) is 0 Å². The number of halogens is 3. The van der Waals surface area contributed by atoms with Gasteiger partial charge in [-0.15, -0.1) is 0 Å². The molecule has 1 heterocycles. The highest BCUT2D eigenvalue weighted by Gasteiger charge is 2.39. The molecule has 4 nitrogen and oxygen atoms in total. The van der Waals surface area contributed by atoms with Gasteiger partial charge in [0.1, 0.15) is 5.82 Å². The number of carbonyl (C=O) groups excluding carboxylic acids is 1. The zero-order chi connectivity index (χ0) is 23.3. The highest BCUT2D eigenvalue weighted by atomic mass is 35.5. The summed E-state index contributed by atoms with van der Waals surface area (Å²) in [6, 6.07) is 10.3. The Morgan fingerprint density at radius 2 is 1.81 bits per heavy atom. The van der Waals surface area contributed by atoms with Crippen molar-refractivity contribution < 1.29 is 13.9 Å². The zero-order valence-electron chi connectivity index (χ0n) is 19.0. The Balaban J connectivity index is 1.80. The number of likely N-dealkylation sites (tertiary alicyclic amines) is 1. The lowest BCUT2D eigenvalue weighted by atomic mass is 9.68. The summed E-state index contributed by atoms with van der Waals surface area (Å²) in [7, 11) is 3.51. The maximum absolute atomic E-state index is 13.8. The molecular weight excluding hydrogens is 450 g/mol. The fourth-order valence-electron chi connectivity index (χ4n) is 4.68. The molecule has 32 heavy (non-hydrogen) atoms. The summed E-state index contributed by atoms with van der Waals surface area (Å²) in [6.07, 6.45) is 2.06. The number of aryl methyl sites for hydroxylation is 1. The van der Waals surface area contributed by atoms with Crippen LogP contribution in [0.2, 0.25) is 10.0 Å². The third-order valence-electron chi connectivity index (χ3n) is 6.44. The molecule has 0 aliphatic carbocycles. The highest BCUT2D eigenvalue weighted by Crippen LogP contribution is 2.41. The molecule has 2 aromatic rings. The molecule has 0 unspecified atom stereocenters. The van der Waals surface area contributed by atoms with Gasteiger partial charge in [-0.2, -0.15) is 0 Å². The summed E-state index contributed by atoms with van der Waals surface area (Å²) >= 11 is 12.2. The minimum atomic E-state index is -0.321. The van der Waals surface area contributed by atoms with Gasteiger partial charge in [-0.3, -0.25) is 4.79 Å². The fourth-order valence-corrected chi connectivity index (χ4v) is 5.25. The van der Waals surface area contributed by atoms with Crippen molar-refractivity contribution in [2.24, 2.45) is 0 Å². The van der Waals surface area contributed by atoms with E-state index in [9.17, 15) is 9.18 Å². The van der Waals surface area contributed by atoms with Crippen LogP contribution in [-0.2, 0) is 21.5 Å². The maximum Gasteiger partial charge on any atom is 0.223 e. The standard InChI is InChI=1S/C25H31Cl2FN2O2/c1-18-12-22(28)4-5-23(18)25(6-8-30(9-7-25)10-11-32-3)16-24(31)29(2)17-19-13-20(26)15-21(27)14-19/h4-5,12-15H,6-11,16-17H2,1-3H3. The van der Waals surface area contributed by atoms with Crippen LogP contribution in [0.1, 0.15) is 36.0 Å². The van der Waals surface area contributed by atoms with Gasteiger partial charge in [-0.1, -0.05) is 29.3 Å². The molecule has 2 aromatic carbocycles. The quantitative estimate of drug-likeness (QED) is 0.502. The van der Waals surface area contributed by atoms with Gasteiger partial charge in [-0.25, -0.2) is 4.39 Å². The van der Waals surface area contributed by atoms with Crippen LogP contribution >= 0.6 is 23.2 Å². The number of rotatable bonds is 8. The molecule has 1 fully saturated rings. The number of hydrogen-bond donors (Lipinski definition) is 0. The highest BCUT2D eigenvalue weighted by molar-refractivity contribution is 6.34. The molecule has 7 heteroatoms. The molecule has 1 amide bonds. The molecule has 1 aliphatic heterocycles. The second kappa shape index (κ2) is 11.0. The Hall–Kier alpha value is -1.66. The van der Waals surface area contributed by atoms with Gasteiger partial charge in [0.05, 0.1) is 6.61 Å². The SMILES string of the molecule is COCCN1CCC(CC(=O)N(C)Cc2cc(Cl)cc(Cl)c2)(c2ccc(F)cc2C)CC1. The van der Waals surface area contributed by atoms with Crippen LogP contribution in [0.15, 0.2) is 36.4 Å². The number of benzene rings is 2. The lowest BCUT2D eigenvalue weighted by Crippen LogP contribution is -2.46. The Morgan fingerprint density at radius 1 is 1.16 bits per heavy atom. The van der Waals surface area contributed by atoms with Crippen LogP contribution in [0.4, 0.5) is 4.39 Å². The third kappa shape index (κ3) is 6.22. The second-order valence-corrected chi connectivity index (χ2v) is 9.65. The predicted molar refractivity (Wildman–Crippen MR) is 128 cm³/mol. The molecule has 0 bridgehead atoms. The topological polar surface area (TPSA) is 32.8 Å². The van der Waals surface area contributed by atoms with Crippen molar-refractivity contribution in [3.63, 3.8) is 0 Å². The first-order chi connectivity index (χ1) is 15.2. The first kappa shape index (κ1) is 25.0. The van der Waals surface area contributed by atoms with E-state index in [1.165, 1.54) is 6.07 Å². The minimum absolute atomic E-state index is 0.0511. The van der Waals surface area contributed by atoms with Gasteiger partial charge in [-0.05, 0) is 79.9 Å². The smallest absolute Gasteiger partial charge is 0.223 e. The summed E-state index contributed by atoms with van der Waals surface area (Å²) in [5.41, 5.74) is 2.53. The molecule has 1 saturated heterocycles. The van der Waals surface area contributed by atoms with Crippen LogP contribution in [0.25, 0.3) is 0 Å². The monoisotopic (exact) mass is 480 g/mol. The summed E-state index contributed by atoms with van der Waals surface area (Å²) in [4.78, 5) is 17.4. The van der Waals surface area contributed by atoms with Crippen molar-refractivity contribution >= 4 is 29.1 Å². The van der Waals surface area contributed by atoms with Gasteiger partial charge < -0.3 is 14.5 Å². The molecule has 3 rings (SSSR count). The third-order valence-corrected chi connectivity index (χ3v) is 6.88. The molecule has 0 radical (unpaired) electrons. The largest absolute Gasteiger partial charge is 0.383 e. The van der Waals surface area contributed by atoms with E-state index in [1.54, 1.807) is 31.2 Å². The molecule has 0 saturated carbocycles. The summed E-state index contributed by atoms with van der Waals surface area (Å²) in [5, 5.41) is 1.10. The van der Waals surface area contributed by atoms with Crippen molar-refractivity contribution in [2.75, 3.05) is 40.4 Å². The van der Waals surface area contributed by atoms with Gasteiger partial charge in [0.25, 0.3) is 0 Å². The van der Waals surface area contributed by atoms with Crippen molar-refractivity contribution in [1.82, 2.24) is 9.80 Å². The lowest BCUT2D eigenvalue weighted by molar-refractivity contribution is -0.132. The van der Waals surface area contributed by atoms with Crippen LogP contribution in [-0.4, -0.2) is 56.1 Å². The first-order valence-electron chi connectivity index (χ1n) is 10.9. The van der Waals surface area contributed by atoms with Gasteiger partial charge in [0.2, 0.25) is 5.91 Å². The molecule has 1 aliphatic rings. The number of nitrogens with zero attached hydrogens (tertiary/aromatic N) is 2. The van der Waals surface area contributed by atoms with E-state index in [2.05, 4.69) is 4.90 Å². The van der Waals surface area contributed by atoms with E-state index in [1.807, 2.05) is 25.1 Å². The van der Waals surface area contributed by atoms with Crippen molar-refractivity contribution in [2.45, 2.75) is 38.1 Å². The summed E-state index contributed by atoms with van der Waals surface area (Å²) in [5.74, 6) is -0.199. The van der Waals surface area contributed by atoms with Crippen LogP contribution in [0.5, 0.6) is 0 Å². The van der Waals surface area contributed by atoms with Gasteiger partial charge >= 0.3 is 0 Å². The Bertz CT molecular complexity index is 925. The summed E-state index contributed by atoms with van der Waals surface area (Å²) in [6.45, 7) is 5.67. The Kier molecular flexibility index (Phi) is 8.56. The molecule has 0 atom stereocenters. The zero-order valence-corrected chi connectivity index (χ0v) is 20.5. The van der Waals surface area contributed by atoms with E-state index in [0.29, 0.717) is 29.6 Å². The predicted octanol–water partition coefficient (Wildman–Crippen LogP) is 5.47.